The van der Waals surface area contributed by atoms with Crippen molar-refractivity contribution in [3.05, 3.63) is 30.1 Å². The number of aromatic hydroxyl groups is 1. The van der Waals surface area contributed by atoms with Gasteiger partial charge >= 0.3 is 0 Å². The van der Waals surface area contributed by atoms with E-state index in [9.17, 15) is 5.11 Å². The Morgan fingerprint density at radius 2 is 2.06 bits per heavy atom. The van der Waals surface area contributed by atoms with Crippen LogP contribution in [0.1, 0.15) is 37.4 Å². The van der Waals surface area contributed by atoms with Gasteiger partial charge in [0, 0.05) is 11.5 Å². The summed E-state index contributed by atoms with van der Waals surface area (Å²) in [5, 5.41) is 13.4. The quantitative estimate of drug-likeness (QED) is 0.861. The molecule has 1 fully saturated rings. The van der Waals surface area contributed by atoms with Crippen LogP contribution in [0.3, 0.4) is 0 Å². The topological polar surface area (TPSA) is 59.2 Å². The molecule has 3 rings (SSSR count). The zero-order chi connectivity index (χ0) is 11.7. The Morgan fingerprint density at radius 3 is 2.82 bits per heavy atom. The predicted octanol–water partition coefficient (Wildman–Crippen LogP) is 3.10. The second kappa shape index (κ2) is 4.20. The summed E-state index contributed by atoms with van der Waals surface area (Å²) in [5.41, 5.74) is 0.766. The van der Waals surface area contributed by atoms with Crippen molar-refractivity contribution < 1.29 is 9.63 Å². The Bertz CT molecular complexity index is 516. The Labute approximate surface area is 99.3 Å². The number of nitrogens with zero attached hydrogens (tertiary/aromatic N) is 2. The van der Waals surface area contributed by atoms with Crippen molar-refractivity contribution in [3.63, 3.8) is 0 Å². The largest absolute Gasteiger partial charge is 0.508 e. The van der Waals surface area contributed by atoms with Crippen LogP contribution in [0.5, 0.6) is 5.75 Å². The van der Waals surface area contributed by atoms with Crippen LogP contribution in [0.4, 0.5) is 0 Å². The van der Waals surface area contributed by atoms with Crippen LogP contribution < -0.4 is 0 Å². The van der Waals surface area contributed by atoms with E-state index >= 15 is 0 Å². The first kappa shape index (κ1) is 10.3. The molecule has 1 aliphatic rings. The van der Waals surface area contributed by atoms with E-state index in [4.69, 9.17) is 4.52 Å². The number of aromatic nitrogens is 2. The lowest BCUT2D eigenvalue weighted by atomic mass is 10.1. The average molecular weight is 230 g/mol. The van der Waals surface area contributed by atoms with E-state index < -0.39 is 0 Å². The van der Waals surface area contributed by atoms with Gasteiger partial charge in [0.2, 0.25) is 0 Å². The van der Waals surface area contributed by atoms with Crippen LogP contribution in [0.15, 0.2) is 28.8 Å². The van der Waals surface area contributed by atoms with Crippen molar-refractivity contribution in [1.82, 2.24) is 10.1 Å². The van der Waals surface area contributed by atoms with E-state index in [-0.39, 0.29) is 5.75 Å². The standard InChI is InChI=1S/C13H14N2O2/c16-11-7-3-6-10(8-11)13-14-12(15-17-13)9-4-1-2-5-9/h3,6-9,16H,1-2,4-5H2. The fourth-order valence-corrected chi connectivity index (χ4v) is 2.34. The molecule has 88 valence electrons. The molecule has 0 radical (unpaired) electrons. The smallest absolute Gasteiger partial charge is 0.258 e. The molecular formula is C13H14N2O2. The summed E-state index contributed by atoms with van der Waals surface area (Å²) in [6.45, 7) is 0. The van der Waals surface area contributed by atoms with Crippen molar-refractivity contribution in [2.24, 2.45) is 0 Å². The van der Waals surface area contributed by atoms with Gasteiger partial charge in [0.1, 0.15) is 5.75 Å². The Kier molecular flexibility index (Phi) is 2.55. The molecule has 1 heterocycles. The number of hydrogen-bond acceptors (Lipinski definition) is 4. The third kappa shape index (κ3) is 2.02. The molecule has 0 saturated heterocycles. The van der Waals surface area contributed by atoms with Gasteiger partial charge in [0.05, 0.1) is 0 Å². The minimum Gasteiger partial charge on any atom is -0.508 e. The van der Waals surface area contributed by atoms with Crippen molar-refractivity contribution in [1.29, 1.82) is 0 Å². The van der Waals surface area contributed by atoms with Crippen LogP contribution in [0.2, 0.25) is 0 Å². The fourth-order valence-electron chi connectivity index (χ4n) is 2.34. The first-order valence-electron chi connectivity index (χ1n) is 5.96. The maximum Gasteiger partial charge on any atom is 0.258 e. The van der Waals surface area contributed by atoms with E-state index in [2.05, 4.69) is 10.1 Å². The summed E-state index contributed by atoms with van der Waals surface area (Å²) in [5.74, 6) is 1.96. The molecule has 2 aromatic rings. The number of rotatable bonds is 2. The number of phenols is 1. The lowest BCUT2D eigenvalue weighted by Gasteiger charge is -1.99. The van der Waals surface area contributed by atoms with Crippen molar-refractivity contribution in [3.8, 4) is 17.2 Å². The molecule has 0 unspecified atom stereocenters. The summed E-state index contributed by atoms with van der Waals surface area (Å²) in [6.07, 6.45) is 4.80. The summed E-state index contributed by atoms with van der Waals surface area (Å²) in [7, 11) is 0. The molecule has 1 aromatic carbocycles. The van der Waals surface area contributed by atoms with E-state index in [0.717, 1.165) is 24.2 Å². The van der Waals surface area contributed by atoms with Gasteiger partial charge in [-0.25, -0.2) is 0 Å². The molecule has 1 aliphatic carbocycles. The molecule has 0 atom stereocenters. The predicted molar refractivity (Wildman–Crippen MR) is 62.6 cm³/mol. The number of hydrogen-bond donors (Lipinski definition) is 1. The highest BCUT2D eigenvalue weighted by atomic mass is 16.5. The fraction of sp³-hybridized carbons (Fsp3) is 0.385. The summed E-state index contributed by atoms with van der Waals surface area (Å²) < 4.78 is 5.25. The van der Waals surface area contributed by atoms with Gasteiger partial charge in [-0.05, 0) is 31.0 Å². The highest BCUT2D eigenvalue weighted by molar-refractivity contribution is 5.55. The molecule has 0 spiro atoms. The molecule has 4 heteroatoms. The zero-order valence-corrected chi connectivity index (χ0v) is 9.47. The summed E-state index contributed by atoms with van der Waals surface area (Å²) in [6, 6.07) is 6.87. The van der Waals surface area contributed by atoms with Crippen LogP contribution in [0.25, 0.3) is 11.5 Å². The Balaban J connectivity index is 1.89. The van der Waals surface area contributed by atoms with Gasteiger partial charge in [-0.2, -0.15) is 4.98 Å². The second-order valence-corrected chi connectivity index (χ2v) is 4.49. The van der Waals surface area contributed by atoms with Gasteiger partial charge in [0.15, 0.2) is 5.82 Å². The van der Waals surface area contributed by atoms with E-state index in [1.165, 1.54) is 12.8 Å². The maximum absolute atomic E-state index is 9.40. The molecule has 1 saturated carbocycles. The monoisotopic (exact) mass is 230 g/mol. The SMILES string of the molecule is Oc1cccc(-c2nc(C3CCCC3)no2)c1. The summed E-state index contributed by atoms with van der Waals surface area (Å²) >= 11 is 0. The summed E-state index contributed by atoms with van der Waals surface area (Å²) in [4.78, 5) is 4.41. The highest BCUT2D eigenvalue weighted by Crippen LogP contribution is 2.33. The van der Waals surface area contributed by atoms with E-state index in [1.54, 1.807) is 18.2 Å². The molecule has 1 aromatic heterocycles. The Morgan fingerprint density at radius 1 is 1.24 bits per heavy atom. The Hall–Kier alpha value is -1.84. The maximum atomic E-state index is 9.40. The number of benzene rings is 1. The molecule has 0 amide bonds. The van der Waals surface area contributed by atoms with Crippen LogP contribution in [-0.4, -0.2) is 15.2 Å². The van der Waals surface area contributed by atoms with Crippen molar-refractivity contribution in [2.45, 2.75) is 31.6 Å². The van der Waals surface area contributed by atoms with Crippen LogP contribution in [0, 0.1) is 0 Å². The lowest BCUT2D eigenvalue weighted by molar-refractivity contribution is 0.415. The number of phenolic OH excluding ortho intramolecular Hbond substituents is 1. The minimum absolute atomic E-state index is 0.211. The first-order valence-corrected chi connectivity index (χ1v) is 5.96. The van der Waals surface area contributed by atoms with Gasteiger partial charge < -0.3 is 9.63 Å². The van der Waals surface area contributed by atoms with Gasteiger partial charge in [-0.15, -0.1) is 0 Å². The second-order valence-electron chi connectivity index (χ2n) is 4.49. The normalized spacial score (nSPS) is 16.5. The molecule has 0 bridgehead atoms. The highest BCUT2D eigenvalue weighted by Gasteiger charge is 2.22. The van der Waals surface area contributed by atoms with Gasteiger partial charge in [-0.3, -0.25) is 0 Å². The lowest BCUT2D eigenvalue weighted by Crippen LogP contribution is -1.94. The zero-order valence-electron chi connectivity index (χ0n) is 9.47. The van der Waals surface area contributed by atoms with E-state index in [1.807, 2.05) is 6.07 Å². The molecule has 4 nitrogen and oxygen atoms in total. The van der Waals surface area contributed by atoms with Crippen molar-refractivity contribution in [2.75, 3.05) is 0 Å². The average Bonchev–Trinajstić information content (AvgIpc) is 3.00. The van der Waals surface area contributed by atoms with Crippen LogP contribution in [-0.2, 0) is 0 Å². The van der Waals surface area contributed by atoms with Crippen molar-refractivity contribution >= 4 is 0 Å². The third-order valence-corrected chi connectivity index (χ3v) is 3.26. The van der Waals surface area contributed by atoms with E-state index in [0.29, 0.717) is 11.8 Å². The van der Waals surface area contributed by atoms with Gasteiger partial charge in [-0.1, -0.05) is 24.1 Å². The van der Waals surface area contributed by atoms with Crippen LogP contribution >= 0.6 is 0 Å². The minimum atomic E-state index is 0.211. The molecule has 0 aliphatic heterocycles. The first-order chi connectivity index (χ1) is 8.33. The molecule has 17 heavy (non-hydrogen) atoms. The molecule has 1 N–H and O–H groups in total. The van der Waals surface area contributed by atoms with Gasteiger partial charge in [0.25, 0.3) is 5.89 Å². The molecular weight excluding hydrogens is 216 g/mol. The third-order valence-electron chi connectivity index (χ3n) is 3.26.